The van der Waals surface area contributed by atoms with Crippen molar-refractivity contribution in [3.05, 3.63) is 46.8 Å². The van der Waals surface area contributed by atoms with E-state index < -0.39 is 0 Å². The average molecular weight is 356 g/mol. The maximum atomic E-state index is 12.6. The number of aryl methyl sites for hydroxylation is 1. The Kier molecular flexibility index (Phi) is 5.93. The Morgan fingerprint density at radius 3 is 2.69 bits per heavy atom. The Morgan fingerprint density at radius 2 is 2.00 bits per heavy atom. The molecule has 1 aliphatic carbocycles. The molecule has 0 saturated heterocycles. The van der Waals surface area contributed by atoms with E-state index in [1.54, 1.807) is 0 Å². The van der Waals surface area contributed by atoms with E-state index in [1.807, 2.05) is 33.2 Å². The second-order valence-corrected chi connectivity index (χ2v) is 6.93. The number of carbonyl (C=O) groups excluding carboxylic acids is 1. The van der Waals surface area contributed by atoms with Gasteiger partial charge in [0.25, 0.3) is 5.91 Å². The summed E-state index contributed by atoms with van der Waals surface area (Å²) in [5, 5.41) is 10.4. The Balaban J connectivity index is 1.67. The molecule has 2 N–H and O–H groups in total. The molecule has 6 heteroatoms. The number of hydrogen-bond acceptors (Lipinski definition) is 4. The van der Waals surface area contributed by atoms with Gasteiger partial charge in [-0.05, 0) is 64.4 Å². The summed E-state index contributed by atoms with van der Waals surface area (Å²) in [6, 6.07) is 8.14. The van der Waals surface area contributed by atoms with E-state index in [1.165, 1.54) is 0 Å². The molecule has 140 valence electrons. The topological polar surface area (TPSA) is 70.2 Å². The molecular formula is C20H28N4O2. The van der Waals surface area contributed by atoms with Crippen LogP contribution < -0.4 is 10.1 Å². The Morgan fingerprint density at radius 1 is 1.27 bits per heavy atom. The molecule has 1 aromatic heterocycles. The van der Waals surface area contributed by atoms with Crippen molar-refractivity contribution in [1.29, 1.82) is 0 Å². The lowest BCUT2D eigenvalue weighted by molar-refractivity contribution is 0.0936. The number of carbonyl (C=O) groups is 1. The number of ether oxygens (including phenoxy) is 1. The van der Waals surface area contributed by atoms with Gasteiger partial charge in [-0.3, -0.25) is 9.89 Å². The van der Waals surface area contributed by atoms with E-state index in [0.717, 1.165) is 48.3 Å². The predicted molar refractivity (Wildman–Crippen MR) is 102 cm³/mol. The number of fused-ring (bicyclic) bond motifs is 1. The van der Waals surface area contributed by atoms with E-state index in [0.29, 0.717) is 18.8 Å². The molecule has 1 heterocycles. The maximum Gasteiger partial charge on any atom is 0.272 e. The largest absolute Gasteiger partial charge is 0.494 e. The van der Waals surface area contributed by atoms with Gasteiger partial charge >= 0.3 is 0 Å². The molecule has 0 bridgehead atoms. The summed E-state index contributed by atoms with van der Waals surface area (Å²) < 4.78 is 5.51. The minimum Gasteiger partial charge on any atom is -0.494 e. The summed E-state index contributed by atoms with van der Waals surface area (Å²) >= 11 is 0. The second-order valence-electron chi connectivity index (χ2n) is 6.93. The van der Waals surface area contributed by atoms with Crippen LogP contribution in [0, 0.1) is 0 Å². The number of nitrogens with zero attached hydrogens (tertiary/aromatic N) is 2. The highest BCUT2D eigenvalue weighted by Gasteiger charge is 2.23. The molecular weight excluding hydrogens is 328 g/mol. The van der Waals surface area contributed by atoms with Crippen LogP contribution in [0.1, 0.15) is 53.1 Å². The van der Waals surface area contributed by atoms with Crippen LogP contribution in [0.4, 0.5) is 0 Å². The van der Waals surface area contributed by atoms with Gasteiger partial charge in [-0.2, -0.15) is 5.10 Å². The van der Waals surface area contributed by atoms with Crippen molar-refractivity contribution < 1.29 is 9.53 Å². The van der Waals surface area contributed by atoms with Crippen molar-refractivity contribution in [2.75, 3.05) is 27.2 Å². The molecule has 0 saturated carbocycles. The van der Waals surface area contributed by atoms with Gasteiger partial charge in [0.1, 0.15) is 5.75 Å². The van der Waals surface area contributed by atoms with Gasteiger partial charge in [-0.1, -0.05) is 12.1 Å². The lowest BCUT2D eigenvalue weighted by Gasteiger charge is -2.25. The first-order chi connectivity index (χ1) is 12.6. The minimum atomic E-state index is -0.0952. The van der Waals surface area contributed by atoms with E-state index in [4.69, 9.17) is 4.74 Å². The van der Waals surface area contributed by atoms with Gasteiger partial charge in [0.05, 0.1) is 12.6 Å². The smallest absolute Gasteiger partial charge is 0.272 e. The summed E-state index contributed by atoms with van der Waals surface area (Å²) in [6.45, 7) is 3.15. The van der Waals surface area contributed by atoms with Gasteiger partial charge < -0.3 is 15.0 Å². The first kappa shape index (κ1) is 18.5. The molecule has 0 spiro atoms. The van der Waals surface area contributed by atoms with Crippen molar-refractivity contribution in [2.45, 2.75) is 38.6 Å². The van der Waals surface area contributed by atoms with Crippen LogP contribution in [0.5, 0.6) is 5.75 Å². The second kappa shape index (κ2) is 8.36. The highest BCUT2D eigenvalue weighted by atomic mass is 16.5. The van der Waals surface area contributed by atoms with E-state index in [-0.39, 0.29) is 11.9 Å². The molecule has 1 amide bonds. The number of aromatic nitrogens is 2. The lowest BCUT2D eigenvalue weighted by atomic mass is 9.95. The highest BCUT2D eigenvalue weighted by molar-refractivity contribution is 5.94. The molecule has 0 radical (unpaired) electrons. The fourth-order valence-electron chi connectivity index (χ4n) is 3.49. The van der Waals surface area contributed by atoms with Crippen molar-refractivity contribution in [2.24, 2.45) is 0 Å². The highest BCUT2D eigenvalue weighted by Crippen LogP contribution is 2.23. The van der Waals surface area contributed by atoms with Crippen LogP contribution in [0.2, 0.25) is 0 Å². The molecule has 2 aromatic rings. The van der Waals surface area contributed by atoms with Crippen molar-refractivity contribution >= 4 is 5.91 Å². The first-order valence-electron chi connectivity index (χ1n) is 9.33. The SMILES string of the molecule is CCOc1ccc(C(CNC(=O)c2n[nH]c3c2CCCC3)N(C)C)cc1. The first-order valence-corrected chi connectivity index (χ1v) is 9.33. The third kappa shape index (κ3) is 4.07. The Hall–Kier alpha value is -2.34. The Labute approximate surface area is 154 Å². The van der Waals surface area contributed by atoms with Crippen LogP contribution in [-0.2, 0) is 12.8 Å². The molecule has 6 nitrogen and oxygen atoms in total. The third-order valence-electron chi connectivity index (χ3n) is 4.93. The van der Waals surface area contributed by atoms with Gasteiger partial charge in [0, 0.05) is 17.8 Å². The minimum absolute atomic E-state index is 0.0874. The lowest BCUT2D eigenvalue weighted by Crippen LogP contribution is -2.35. The van der Waals surface area contributed by atoms with Crippen LogP contribution in [0.3, 0.4) is 0 Å². The molecule has 1 aliphatic rings. The molecule has 1 unspecified atom stereocenters. The standard InChI is InChI=1S/C20H28N4O2/c1-4-26-15-11-9-14(10-12-15)18(24(2)3)13-21-20(25)19-16-7-5-6-8-17(16)22-23-19/h9-12,18H,4-8,13H2,1-3H3,(H,21,25)(H,22,23). The number of rotatable bonds is 7. The monoisotopic (exact) mass is 356 g/mol. The molecule has 26 heavy (non-hydrogen) atoms. The molecule has 0 fully saturated rings. The zero-order chi connectivity index (χ0) is 18.5. The number of benzene rings is 1. The van der Waals surface area contributed by atoms with Crippen molar-refractivity contribution in [1.82, 2.24) is 20.4 Å². The van der Waals surface area contributed by atoms with E-state index in [9.17, 15) is 4.79 Å². The summed E-state index contributed by atoms with van der Waals surface area (Å²) in [5.41, 5.74) is 3.92. The number of amides is 1. The van der Waals surface area contributed by atoms with E-state index in [2.05, 4.69) is 32.5 Å². The number of likely N-dealkylation sites (N-methyl/N-ethyl adjacent to an activating group) is 1. The Bertz CT molecular complexity index is 737. The van der Waals surface area contributed by atoms with Crippen molar-refractivity contribution in [3.63, 3.8) is 0 Å². The summed E-state index contributed by atoms with van der Waals surface area (Å²) in [6.07, 6.45) is 4.21. The fourth-order valence-corrected chi connectivity index (χ4v) is 3.49. The third-order valence-corrected chi connectivity index (χ3v) is 4.93. The van der Waals surface area contributed by atoms with Crippen LogP contribution in [0.25, 0.3) is 0 Å². The average Bonchev–Trinajstić information content (AvgIpc) is 3.07. The number of hydrogen-bond donors (Lipinski definition) is 2. The van der Waals surface area contributed by atoms with Gasteiger partial charge in [0.15, 0.2) is 5.69 Å². The number of nitrogens with one attached hydrogen (secondary N) is 2. The zero-order valence-corrected chi connectivity index (χ0v) is 15.8. The summed E-state index contributed by atoms with van der Waals surface area (Å²) in [5.74, 6) is 0.767. The van der Waals surface area contributed by atoms with Crippen LogP contribution in [-0.4, -0.2) is 48.3 Å². The van der Waals surface area contributed by atoms with Gasteiger partial charge in [0.2, 0.25) is 0 Å². The molecule has 3 rings (SSSR count). The quantitative estimate of drug-likeness (QED) is 0.800. The van der Waals surface area contributed by atoms with E-state index >= 15 is 0 Å². The number of H-pyrrole nitrogens is 1. The predicted octanol–water partition coefficient (Wildman–Crippen LogP) is 2.72. The summed E-state index contributed by atoms with van der Waals surface area (Å²) in [7, 11) is 4.04. The van der Waals surface area contributed by atoms with Crippen molar-refractivity contribution in [3.8, 4) is 5.75 Å². The normalized spacial score (nSPS) is 14.8. The van der Waals surface area contributed by atoms with Crippen LogP contribution in [0.15, 0.2) is 24.3 Å². The summed E-state index contributed by atoms with van der Waals surface area (Å²) in [4.78, 5) is 14.8. The molecule has 1 aromatic carbocycles. The molecule has 1 atom stereocenters. The maximum absolute atomic E-state index is 12.6. The van der Waals surface area contributed by atoms with Gasteiger partial charge in [-0.15, -0.1) is 0 Å². The zero-order valence-electron chi connectivity index (χ0n) is 15.8. The number of aromatic amines is 1. The fraction of sp³-hybridized carbons (Fsp3) is 0.500. The van der Waals surface area contributed by atoms with Crippen LogP contribution >= 0.6 is 0 Å². The van der Waals surface area contributed by atoms with Gasteiger partial charge in [-0.25, -0.2) is 0 Å². The molecule has 0 aliphatic heterocycles.